The average Bonchev–Trinajstić information content (AvgIpc) is 2.46. The Bertz CT molecular complexity index is 530. The van der Waals surface area contributed by atoms with Crippen LogP contribution in [0.2, 0.25) is 0 Å². The van der Waals surface area contributed by atoms with E-state index in [1.165, 1.54) is 16.3 Å². The van der Waals surface area contributed by atoms with Crippen LogP contribution in [0.5, 0.6) is 0 Å². The molecule has 1 heterocycles. The van der Waals surface area contributed by atoms with Crippen molar-refractivity contribution in [3.8, 4) is 0 Å². The topological polar surface area (TPSA) is 24.1 Å². The Kier molecular flexibility index (Phi) is 3.31. The molecule has 1 aliphatic rings. The highest BCUT2D eigenvalue weighted by Crippen LogP contribution is 2.28. The van der Waals surface area contributed by atoms with Crippen LogP contribution in [0.3, 0.4) is 0 Å². The van der Waals surface area contributed by atoms with Crippen molar-refractivity contribution in [1.82, 2.24) is 10.6 Å². The molecule has 0 spiro atoms. The third kappa shape index (κ3) is 2.02. The number of hydrogen-bond acceptors (Lipinski definition) is 2. The maximum atomic E-state index is 3.67. The second-order valence-electron chi connectivity index (χ2n) is 4.97. The van der Waals surface area contributed by atoms with Crippen molar-refractivity contribution in [3.05, 3.63) is 48.0 Å². The molecule has 94 valence electrons. The van der Waals surface area contributed by atoms with E-state index in [9.17, 15) is 0 Å². The van der Waals surface area contributed by atoms with Crippen LogP contribution >= 0.6 is 0 Å². The lowest BCUT2D eigenvalue weighted by Crippen LogP contribution is -2.50. The molecule has 2 N–H and O–H groups in total. The quantitative estimate of drug-likeness (QED) is 0.843. The third-order valence-corrected chi connectivity index (χ3v) is 3.90. The minimum atomic E-state index is 0.426. The number of hydrogen-bond donors (Lipinski definition) is 2. The van der Waals surface area contributed by atoms with Gasteiger partial charge in [-0.05, 0) is 22.8 Å². The summed E-state index contributed by atoms with van der Waals surface area (Å²) in [7, 11) is 0. The molecule has 18 heavy (non-hydrogen) atoms. The minimum Gasteiger partial charge on any atom is -0.311 e. The van der Waals surface area contributed by atoms with Gasteiger partial charge in [-0.2, -0.15) is 0 Å². The van der Waals surface area contributed by atoms with Crippen LogP contribution in [0, 0.1) is 0 Å². The SMILES string of the molecule is CCC1NCCNC1c1cccc2ccccc12. The first kappa shape index (κ1) is 11.7. The highest BCUT2D eigenvalue weighted by Gasteiger charge is 2.25. The van der Waals surface area contributed by atoms with Crippen molar-refractivity contribution in [3.63, 3.8) is 0 Å². The molecule has 1 saturated heterocycles. The fourth-order valence-electron chi connectivity index (χ4n) is 2.97. The van der Waals surface area contributed by atoms with Gasteiger partial charge >= 0.3 is 0 Å². The van der Waals surface area contributed by atoms with Gasteiger partial charge in [0.2, 0.25) is 0 Å². The monoisotopic (exact) mass is 240 g/mol. The van der Waals surface area contributed by atoms with Crippen molar-refractivity contribution >= 4 is 10.8 Å². The van der Waals surface area contributed by atoms with Crippen molar-refractivity contribution in [2.75, 3.05) is 13.1 Å². The molecule has 2 heteroatoms. The van der Waals surface area contributed by atoms with E-state index in [1.807, 2.05) is 0 Å². The van der Waals surface area contributed by atoms with Crippen LogP contribution in [0.15, 0.2) is 42.5 Å². The van der Waals surface area contributed by atoms with E-state index >= 15 is 0 Å². The number of fused-ring (bicyclic) bond motifs is 1. The van der Waals surface area contributed by atoms with E-state index in [2.05, 4.69) is 60.0 Å². The van der Waals surface area contributed by atoms with Gasteiger partial charge in [-0.25, -0.2) is 0 Å². The number of piperazine rings is 1. The third-order valence-electron chi connectivity index (χ3n) is 3.90. The van der Waals surface area contributed by atoms with Crippen molar-refractivity contribution in [2.24, 2.45) is 0 Å². The summed E-state index contributed by atoms with van der Waals surface area (Å²) < 4.78 is 0. The molecule has 1 fully saturated rings. The second-order valence-corrected chi connectivity index (χ2v) is 4.97. The molecule has 2 atom stereocenters. The summed E-state index contributed by atoms with van der Waals surface area (Å²) >= 11 is 0. The fraction of sp³-hybridized carbons (Fsp3) is 0.375. The Morgan fingerprint density at radius 3 is 2.67 bits per heavy atom. The zero-order chi connectivity index (χ0) is 12.4. The molecular formula is C16H20N2. The maximum absolute atomic E-state index is 3.67. The molecule has 0 aromatic heterocycles. The van der Waals surface area contributed by atoms with Gasteiger partial charge in [0.05, 0.1) is 0 Å². The Morgan fingerprint density at radius 2 is 1.78 bits per heavy atom. The predicted molar refractivity (Wildman–Crippen MR) is 76.8 cm³/mol. The Balaban J connectivity index is 2.07. The minimum absolute atomic E-state index is 0.426. The lowest BCUT2D eigenvalue weighted by molar-refractivity contribution is 0.321. The van der Waals surface area contributed by atoms with Crippen LogP contribution in [-0.2, 0) is 0 Å². The summed E-state index contributed by atoms with van der Waals surface area (Å²) in [5, 5.41) is 9.99. The molecule has 0 aliphatic carbocycles. The fourth-order valence-corrected chi connectivity index (χ4v) is 2.97. The first-order chi connectivity index (χ1) is 8.90. The first-order valence-electron chi connectivity index (χ1n) is 6.84. The van der Waals surface area contributed by atoms with Gasteiger partial charge in [0.15, 0.2) is 0 Å². The van der Waals surface area contributed by atoms with Gasteiger partial charge in [-0.1, -0.05) is 49.4 Å². The van der Waals surface area contributed by atoms with Crippen molar-refractivity contribution < 1.29 is 0 Å². The summed E-state index contributed by atoms with van der Waals surface area (Å²) in [5.41, 5.74) is 1.42. The predicted octanol–water partition coefficient (Wildman–Crippen LogP) is 2.85. The smallest absolute Gasteiger partial charge is 0.0482 e. The summed E-state index contributed by atoms with van der Waals surface area (Å²) in [4.78, 5) is 0. The molecule has 0 bridgehead atoms. The van der Waals surface area contributed by atoms with Crippen molar-refractivity contribution in [1.29, 1.82) is 0 Å². The van der Waals surface area contributed by atoms with Crippen LogP contribution in [-0.4, -0.2) is 19.1 Å². The van der Waals surface area contributed by atoms with Crippen LogP contribution in [0.1, 0.15) is 24.9 Å². The van der Waals surface area contributed by atoms with Gasteiger partial charge in [0, 0.05) is 25.2 Å². The van der Waals surface area contributed by atoms with E-state index in [0.29, 0.717) is 12.1 Å². The summed E-state index contributed by atoms with van der Waals surface area (Å²) in [6.45, 7) is 4.37. The zero-order valence-corrected chi connectivity index (χ0v) is 10.8. The molecule has 0 saturated carbocycles. The molecule has 0 radical (unpaired) electrons. The van der Waals surface area contributed by atoms with Crippen LogP contribution in [0.25, 0.3) is 10.8 Å². The zero-order valence-electron chi connectivity index (χ0n) is 10.8. The second kappa shape index (κ2) is 5.09. The van der Waals surface area contributed by atoms with E-state index in [4.69, 9.17) is 0 Å². The lowest BCUT2D eigenvalue weighted by atomic mass is 9.91. The van der Waals surface area contributed by atoms with Gasteiger partial charge < -0.3 is 10.6 Å². The van der Waals surface area contributed by atoms with Gasteiger partial charge in [-0.15, -0.1) is 0 Å². The molecule has 2 nitrogen and oxygen atoms in total. The van der Waals surface area contributed by atoms with E-state index in [0.717, 1.165) is 19.5 Å². The Labute approximate surface area is 108 Å². The highest BCUT2D eigenvalue weighted by atomic mass is 15.1. The number of rotatable bonds is 2. The van der Waals surface area contributed by atoms with Crippen molar-refractivity contribution in [2.45, 2.75) is 25.4 Å². The summed E-state index contributed by atoms with van der Waals surface area (Å²) in [6.07, 6.45) is 1.15. The molecule has 0 amide bonds. The molecular weight excluding hydrogens is 220 g/mol. The number of nitrogens with one attached hydrogen (secondary N) is 2. The Morgan fingerprint density at radius 1 is 1.00 bits per heavy atom. The van der Waals surface area contributed by atoms with Gasteiger partial charge in [0.25, 0.3) is 0 Å². The molecule has 2 unspecified atom stereocenters. The molecule has 3 rings (SSSR count). The summed E-state index contributed by atoms with van der Waals surface area (Å²) in [5.74, 6) is 0. The standard InChI is InChI=1S/C16H20N2/c1-2-15-16(18-11-10-17-15)14-9-5-7-12-6-3-4-8-13(12)14/h3-9,15-18H,2,10-11H2,1H3. The summed E-state index contributed by atoms with van der Waals surface area (Å²) in [6, 6.07) is 16.2. The maximum Gasteiger partial charge on any atom is 0.0482 e. The molecule has 1 aliphatic heterocycles. The van der Waals surface area contributed by atoms with E-state index < -0.39 is 0 Å². The average molecular weight is 240 g/mol. The van der Waals surface area contributed by atoms with E-state index in [1.54, 1.807) is 0 Å². The normalized spacial score (nSPS) is 24.3. The Hall–Kier alpha value is -1.38. The highest BCUT2D eigenvalue weighted by molar-refractivity contribution is 5.86. The number of benzene rings is 2. The van der Waals surface area contributed by atoms with E-state index in [-0.39, 0.29) is 0 Å². The van der Waals surface area contributed by atoms with Gasteiger partial charge in [0.1, 0.15) is 0 Å². The first-order valence-corrected chi connectivity index (χ1v) is 6.84. The molecule has 2 aromatic carbocycles. The van der Waals surface area contributed by atoms with Crippen LogP contribution in [0.4, 0.5) is 0 Å². The lowest BCUT2D eigenvalue weighted by Gasteiger charge is -2.34. The van der Waals surface area contributed by atoms with Gasteiger partial charge in [-0.3, -0.25) is 0 Å². The van der Waals surface area contributed by atoms with Crippen LogP contribution < -0.4 is 10.6 Å². The largest absolute Gasteiger partial charge is 0.311 e. The molecule has 2 aromatic rings.